The maximum absolute atomic E-state index is 13.2. The number of aliphatic carboxylic acids is 1. The Morgan fingerprint density at radius 2 is 2.05 bits per heavy atom. The number of halogens is 2. The van der Waals surface area contributed by atoms with Crippen molar-refractivity contribution in [3.8, 4) is 0 Å². The quantitative estimate of drug-likeness (QED) is 0.849. The minimum atomic E-state index is -0.957. The van der Waals surface area contributed by atoms with Crippen molar-refractivity contribution in [2.24, 2.45) is 11.8 Å². The molecule has 110 valence electrons. The predicted molar refractivity (Wildman–Crippen MR) is 74.3 cm³/mol. The van der Waals surface area contributed by atoms with Gasteiger partial charge in [-0.3, -0.25) is 9.59 Å². The van der Waals surface area contributed by atoms with E-state index in [0.29, 0.717) is 6.42 Å². The third-order valence-corrected chi connectivity index (χ3v) is 3.10. The zero-order valence-electron chi connectivity index (χ0n) is 11.3. The van der Waals surface area contributed by atoms with E-state index in [1.165, 1.54) is 12.1 Å². The first-order valence-electron chi connectivity index (χ1n) is 6.27. The van der Waals surface area contributed by atoms with Gasteiger partial charge in [0.2, 0.25) is 0 Å². The number of carbonyl (C=O) groups excluding carboxylic acids is 1. The molecule has 0 aliphatic heterocycles. The number of nitrogens with one attached hydrogen (secondary N) is 1. The van der Waals surface area contributed by atoms with Crippen LogP contribution >= 0.6 is 11.6 Å². The lowest BCUT2D eigenvalue weighted by Crippen LogP contribution is -2.33. The van der Waals surface area contributed by atoms with Crippen LogP contribution in [0, 0.1) is 17.7 Å². The molecule has 20 heavy (non-hydrogen) atoms. The van der Waals surface area contributed by atoms with Gasteiger partial charge in [-0.2, -0.15) is 0 Å². The van der Waals surface area contributed by atoms with E-state index in [9.17, 15) is 14.0 Å². The maximum Gasteiger partial charge on any atom is 0.308 e. The fourth-order valence-electron chi connectivity index (χ4n) is 1.80. The Hall–Kier alpha value is -1.62. The number of rotatable bonds is 6. The van der Waals surface area contributed by atoms with Crippen LogP contribution in [0.25, 0.3) is 0 Å². The van der Waals surface area contributed by atoms with Crippen molar-refractivity contribution < 1.29 is 19.1 Å². The molecule has 4 nitrogen and oxygen atoms in total. The maximum atomic E-state index is 13.2. The van der Waals surface area contributed by atoms with Gasteiger partial charge in [0.05, 0.1) is 10.9 Å². The van der Waals surface area contributed by atoms with Gasteiger partial charge >= 0.3 is 5.97 Å². The van der Waals surface area contributed by atoms with Gasteiger partial charge in [-0.15, -0.1) is 0 Å². The molecule has 0 saturated heterocycles. The Kier molecular flexibility index (Phi) is 5.95. The van der Waals surface area contributed by atoms with Gasteiger partial charge in [0.1, 0.15) is 5.82 Å². The second kappa shape index (κ2) is 7.24. The fourth-order valence-corrected chi connectivity index (χ4v) is 1.91. The van der Waals surface area contributed by atoms with Gasteiger partial charge in [0.15, 0.2) is 0 Å². The summed E-state index contributed by atoms with van der Waals surface area (Å²) in [4.78, 5) is 22.9. The van der Waals surface area contributed by atoms with Crippen molar-refractivity contribution in [2.75, 3.05) is 6.54 Å². The molecule has 1 atom stereocenters. The largest absolute Gasteiger partial charge is 0.481 e. The van der Waals surface area contributed by atoms with Crippen LogP contribution < -0.4 is 5.32 Å². The van der Waals surface area contributed by atoms with Gasteiger partial charge < -0.3 is 10.4 Å². The Morgan fingerprint density at radius 1 is 1.40 bits per heavy atom. The topological polar surface area (TPSA) is 66.4 Å². The lowest BCUT2D eigenvalue weighted by Gasteiger charge is -2.15. The number of carbonyl (C=O) groups is 2. The Bertz CT molecular complexity index is 505. The Labute approximate surface area is 121 Å². The lowest BCUT2D eigenvalue weighted by molar-refractivity contribution is -0.142. The third kappa shape index (κ3) is 4.81. The average Bonchev–Trinajstić information content (AvgIpc) is 2.36. The number of hydrogen-bond donors (Lipinski definition) is 2. The molecule has 1 unspecified atom stereocenters. The molecular weight excluding hydrogens is 285 g/mol. The SMILES string of the molecule is CC(C)CC(CNC(=O)c1ccc(Cl)c(F)c1)C(=O)O. The van der Waals surface area contributed by atoms with Crippen LogP contribution in [0.1, 0.15) is 30.6 Å². The van der Waals surface area contributed by atoms with E-state index in [-0.39, 0.29) is 23.0 Å². The summed E-state index contributed by atoms with van der Waals surface area (Å²) in [5, 5.41) is 11.5. The lowest BCUT2D eigenvalue weighted by atomic mass is 9.97. The first kappa shape index (κ1) is 16.4. The van der Waals surface area contributed by atoms with Crippen LogP contribution in [0.3, 0.4) is 0 Å². The summed E-state index contributed by atoms with van der Waals surface area (Å²) in [6.07, 6.45) is 0.463. The number of carboxylic acids is 1. The summed E-state index contributed by atoms with van der Waals surface area (Å²) in [7, 11) is 0. The van der Waals surface area contributed by atoms with Crippen LogP contribution in [0.4, 0.5) is 4.39 Å². The van der Waals surface area contributed by atoms with Gasteiger partial charge in [0, 0.05) is 12.1 Å². The van der Waals surface area contributed by atoms with Gasteiger partial charge in [-0.1, -0.05) is 25.4 Å². The van der Waals surface area contributed by atoms with Crippen LogP contribution in [0.2, 0.25) is 5.02 Å². The van der Waals surface area contributed by atoms with E-state index >= 15 is 0 Å². The second-order valence-electron chi connectivity index (χ2n) is 5.00. The first-order chi connectivity index (χ1) is 9.31. The number of amides is 1. The van der Waals surface area contributed by atoms with E-state index in [4.69, 9.17) is 16.7 Å². The highest BCUT2D eigenvalue weighted by Crippen LogP contribution is 2.16. The molecule has 1 rings (SSSR count). The molecule has 0 spiro atoms. The molecule has 0 aliphatic carbocycles. The molecule has 1 aromatic rings. The fraction of sp³-hybridized carbons (Fsp3) is 0.429. The summed E-state index contributed by atoms with van der Waals surface area (Å²) >= 11 is 5.53. The smallest absolute Gasteiger partial charge is 0.308 e. The molecule has 1 amide bonds. The molecule has 0 aliphatic rings. The van der Waals surface area contributed by atoms with Crippen LogP contribution in [-0.4, -0.2) is 23.5 Å². The van der Waals surface area contributed by atoms with Crippen LogP contribution in [0.5, 0.6) is 0 Å². The molecular formula is C14H17ClFNO3. The predicted octanol–water partition coefficient (Wildman–Crippen LogP) is 2.96. The molecule has 0 aromatic heterocycles. The summed E-state index contributed by atoms with van der Waals surface area (Å²) in [5.41, 5.74) is 0.112. The minimum absolute atomic E-state index is 0.0105. The van der Waals surface area contributed by atoms with E-state index in [1.54, 1.807) is 0 Å². The molecule has 0 heterocycles. The number of hydrogen-bond acceptors (Lipinski definition) is 2. The monoisotopic (exact) mass is 301 g/mol. The summed E-state index contributed by atoms with van der Waals surface area (Å²) < 4.78 is 13.2. The van der Waals surface area contributed by atoms with E-state index < -0.39 is 23.6 Å². The molecule has 1 aromatic carbocycles. The molecule has 0 saturated carbocycles. The highest BCUT2D eigenvalue weighted by molar-refractivity contribution is 6.30. The molecule has 0 radical (unpaired) electrons. The molecule has 0 fully saturated rings. The van der Waals surface area contributed by atoms with E-state index in [0.717, 1.165) is 6.07 Å². The van der Waals surface area contributed by atoms with Gasteiger partial charge in [-0.25, -0.2) is 4.39 Å². The minimum Gasteiger partial charge on any atom is -0.481 e. The summed E-state index contributed by atoms with van der Waals surface area (Å²) in [6, 6.07) is 3.70. The van der Waals surface area contributed by atoms with Crippen LogP contribution in [0.15, 0.2) is 18.2 Å². The molecule has 0 bridgehead atoms. The van der Waals surface area contributed by atoms with Crippen molar-refractivity contribution in [2.45, 2.75) is 20.3 Å². The van der Waals surface area contributed by atoms with Crippen molar-refractivity contribution in [3.05, 3.63) is 34.6 Å². The summed E-state index contributed by atoms with van der Waals surface area (Å²) in [5.74, 6) is -2.61. The third-order valence-electron chi connectivity index (χ3n) is 2.80. The number of benzene rings is 1. The number of carboxylic acid groups (broad SMARTS) is 1. The van der Waals surface area contributed by atoms with Crippen molar-refractivity contribution in [1.29, 1.82) is 0 Å². The first-order valence-corrected chi connectivity index (χ1v) is 6.65. The zero-order chi connectivity index (χ0) is 15.3. The van der Waals surface area contributed by atoms with Crippen molar-refractivity contribution >= 4 is 23.5 Å². The Balaban J connectivity index is 2.65. The van der Waals surface area contributed by atoms with E-state index in [2.05, 4.69) is 5.32 Å². The molecule has 6 heteroatoms. The summed E-state index contributed by atoms with van der Waals surface area (Å²) in [6.45, 7) is 3.83. The van der Waals surface area contributed by atoms with E-state index in [1.807, 2.05) is 13.8 Å². The standard InChI is InChI=1S/C14H17ClFNO3/c1-8(2)5-10(14(19)20)7-17-13(18)9-3-4-11(15)12(16)6-9/h3-4,6,8,10H,5,7H2,1-2H3,(H,17,18)(H,19,20). The highest BCUT2D eigenvalue weighted by Gasteiger charge is 2.20. The highest BCUT2D eigenvalue weighted by atomic mass is 35.5. The van der Waals surface area contributed by atoms with Crippen molar-refractivity contribution in [1.82, 2.24) is 5.32 Å². The Morgan fingerprint density at radius 3 is 2.55 bits per heavy atom. The molecule has 2 N–H and O–H groups in total. The van der Waals surface area contributed by atoms with Gasteiger partial charge in [0.25, 0.3) is 5.91 Å². The van der Waals surface area contributed by atoms with Crippen LogP contribution in [-0.2, 0) is 4.79 Å². The second-order valence-corrected chi connectivity index (χ2v) is 5.41. The van der Waals surface area contributed by atoms with Gasteiger partial charge in [-0.05, 0) is 30.5 Å². The average molecular weight is 302 g/mol. The zero-order valence-corrected chi connectivity index (χ0v) is 12.1. The normalized spacial score (nSPS) is 12.2. The van der Waals surface area contributed by atoms with Crippen molar-refractivity contribution in [3.63, 3.8) is 0 Å².